The summed E-state index contributed by atoms with van der Waals surface area (Å²) < 4.78 is 10.5. The molecule has 0 radical (unpaired) electrons. The zero-order valence-electron chi connectivity index (χ0n) is 14.5. The van der Waals surface area contributed by atoms with Gasteiger partial charge in [0.1, 0.15) is 22.6 Å². The molecule has 0 unspecified atom stereocenters. The Kier molecular flexibility index (Phi) is 4.95. The largest absolute Gasteiger partial charge is 0.497 e. The first kappa shape index (κ1) is 17.3. The number of carbonyl (C=O) groups is 1. The number of anilines is 1. The summed E-state index contributed by atoms with van der Waals surface area (Å²) in [5, 5.41) is 13.1. The van der Waals surface area contributed by atoms with Gasteiger partial charge < -0.3 is 14.8 Å². The fourth-order valence-electron chi connectivity index (χ4n) is 3.12. The lowest BCUT2D eigenvalue weighted by Crippen LogP contribution is -2.13. The normalized spacial score (nSPS) is 15.8. The van der Waals surface area contributed by atoms with Crippen LogP contribution >= 0.6 is 11.3 Å². The van der Waals surface area contributed by atoms with Gasteiger partial charge >= 0.3 is 0 Å². The third kappa shape index (κ3) is 3.33. The van der Waals surface area contributed by atoms with E-state index in [0.29, 0.717) is 33.5 Å². The van der Waals surface area contributed by atoms with Crippen LogP contribution in [0.2, 0.25) is 0 Å². The Morgan fingerprint density at radius 3 is 2.84 bits per heavy atom. The second kappa shape index (κ2) is 7.16. The maximum absolute atomic E-state index is 12.7. The van der Waals surface area contributed by atoms with Crippen LogP contribution in [-0.4, -0.2) is 20.1 Å². The van der Waals surface area contributed by atoms with E-state index in [2.05, 4.69) is 18.3 Å². The smallest absolute Gasteiger partial charge is 0.260 e. The van der Waals surface area contributed by atoms with Crippen LogP contribution in [0.3, 0.4) is 0 Å². The predicted octanol–water partition coefficient (Wildman–Crippen LogP) is 4.01. The fraction of sp³-hybridized carbons (Fsp3) is 0.368. The van der Waals surface area contributed by atoms with Crippen molar-refractivity contribution in [1.82, 2.24) is 0 Å². The molecule has 1 heterocycles. The van der Waals surface area contributed by atoms with Crippen molar-refractivity contribution in [1.29, 1.82) is 5.26 Å². The highest BCUT2D eigenvalue weighted by atomic mass is 32.1. The number of fused-ring (bicyclic) bond motifs is 1. The molecule has 0 saturated carbocycles. The van der Waals surface area contributed by atoms with E-state index in [0.717, 1.165) is 24.8 Å². The quantitative estimate of drug-likeness (QED) is 0.898. The Bertz CT molecular complexity index is 851. The van der Waals surface area contributed by atoms with Crippen molar-refractivity contribution >= 4 is 22.2 Å². The molecular formula is C19H20N2O3S. The number of carbonyl (C=O) groups excluding carboxylic acids is 1. The van der Waals surface area contributed by atoms with Gasteiger partial charge in [-0.3, -0.25) is 4.79 Å². The molecule has 0 fully saturated rings. The number of nitrogens with one attached hydrogen (secondary N) is 1. The Hall–Kier alpha value is -2.52. The van der Waals surface area contributed by atoms with Crippen molar-refractivity contribution < 1.29 is 14.3 Å². The monoisotopic (exact) mass is 356 g/mol. The number of benzene rings is 1. The van der Waals surface area contributed by atoms with E-state index in [1.165, 1.54) is 23.3 Å². The van der Waals surface area contributed by atoms with Crippen LogP contribution in [0, 0.1) is 17.2 Å². The third-order valence-electron chi connectivity index (χ3n) is 4.50. The highest BCUT2D eigenvalue weighted by Crippen LogP contribution is 2.39. The number of amides is 1. The topological polar surface area (TPSA) is 71.3 Å². The van der Waals surface area contributed by atoms with Gasteiger partial charge in [0, 0.05) is 10.9 Å². The average molecular weight is 356 g/mol. The number of thiophene rings is 1. The second-order valence-electron chi connectivity index (χ2n) is 6.19. The number of nitriles is 1. The summed E-state index contributed by atoms with van der Waals surface area (Å²) in [6.45, 7) is 2.20. The van der Waals surface area contributed by atoms with Crippen LogP contribution in [0.1, 0.15) is 39.7 Å². The first-order valence-electron chi connectivity index (χ1n) is 8.15. The molecular weight excluding hydrogens is 336 g/mol. The predicted molar refractivity (Wildman–Crippen MR) is 97.7 cm³/mol. The molecule has 3 rings (SSSR count). The summed E-state index contributed by atoms with van der Waals surface area (Å²) in [6, 6.07) is 7.31. The minimum Gasteiger partial charge on any atom is -0.497 e. The summed E-state index contributed by atoms with van der Waals surface area (Å²) in [6.07, 6.45) is 2.99. The Labute approximate surface area is 151 Å². The third-order valence-corrected chi connectivity index (χ3v) is 5.71. The van der Waals surface area contributed by atoms with Crippen molar-refractivity contribution in [3.63, 3.8) is 0 Å². The molecule has 2 aromatic rings. The molecule has 1 aliphatic rings. The van der Waals surface area contributed by atoms with E-state index in [1.807, 2.05) is 0 Å². The number of nitrogens with zero attached hydrogens (tertiary/aromatic N) is 1. The van der Waals surface area contributed by atoms with Gasteiger partial charge in [-0.05, 0) is 42.9 Å². The number of ether oxygens (including phenoxy) is 2. The highest BCUT2D eigenvalue weighted by Gasteiger charge is 2.25. The van der Waals surface area contributed by atoms with Gasteiger partial charge in [-0.25, -0.2) is 0 Å². The lowest BCUT2D eigenvalue weighted by molar-refractivity contribution is 0.102. The zero-order chi connectivity index (χ0) is 18.0. The first-order valence-corrected chi connectivity index (χ1v) is 8.97. The summed E-state index contributed by atoms with van der Waals surface area (Å²) in [7, 11) is 3.07. The van der Waals surface area contributed by atoms with Crippen molar-refractivity contribution in [2.75, 3.05) is 19.5 Å². The molecule has 1 aromatic carbocycles. The second-order valence-corrected chi connectivity index (χ2v) is 7.29. The van der Waals surface area contributed by atoms with E-state index in [1.54, 1.807) is 25.3 Å². The molecule has 5 nitrogen and oxygen atoms in total. The summed E-state index contributed by atoms with van der Waals surface area (Å²) in [5.41, 5.74) is 2.11. The molecule has 0 bridgehead atoms. The maximum atomic E-state index is 12.7. The average Bonchev–Trinajstić information content (AvgIpc) is 2.96. The molecule has 6 heteroatoms. The van der Waals surface area contributed by atoms with Crippen molar-refractivity contribution in [3.05, 3.63) is 39.8 Å². The molecule has 0 saturated heterocycles. The van der Waals surface area contributed by atoms with Crippen LogP contribution in [-0.2, 0) is 12.8 Å². The lowest BCUT2D eigenvalue weighted by Gasteiger charge is -2.17. The van der Waals surface area contributed by atoms with Gasteiger partial charge in [0.25, 0.3) is 5.91 Å². The lowest BCUT2D eigenvalue weighted by atomic mass is 9.88. The van der Waals surface area contributed by atoms with Crippen molar-refractivity contribution in [2.24, 2.45) is 5.92 Å². The van der Waals surface area contributed by atoms with Crippen LogP contribution in [0.5, 0.6) is 11.5 Å². The minimum atomic E-state index is -0.289. The summed E-state index contributed by atoms with van der Waals surface area (Å²) >= 11 is 1.51. The van der Waals surface area contributed by atoms with E-state index in [-0.39, 0.29) is 5.91 Å². The molecule has 130 valence electrons. The van der Waals surface area contributed by atoms with Gasteiger partial charge in [0.15, 0.2) is 0 Å². The number of aryl methyl sites for hydroxylation is 1. The van der Waals surface area contributed by atoms with Gasteiger partial charge in [-0.15, -0.1) is 11.3 Å². The Morgan fingerprint density at radius 1 is 1.36 bits per heavy atom. The van der Waals surface area contributed by atoms with Gasteiger partial charge in [-0.1, -0.05) is 6.92 Å². The Balaban J connectivity index is 1.91. The fourth-order valence-corrected chi connectivity index (χ4v) is 4.31. The van der Waals surface area contributed by atoms with Crippen LogP contribution in [0.25, 0.3) is 0 Å². The molecule has 0 spiro atoms. The van der Waals surface area contributed by atoms with Crippen LogP contribution in [0.15, 0.2) is 18.2 Å². The van der Waals surface area contributed by atoms with Crippen LogP contribution in [0.4, 0.5) is 5.00 Å². The molecule has 1 atom stereocenters. The van der Waals surface area contributed by atoms with Gasteiger partial charge in [0.05, 0.1) is 25.3 Å². The summed E-state index contributed by atoms with van der Waals surface area (Å²) in [5.74, 6) is 1.33. The van der Waals surface area contributed by atoms with E-state index in [9.17, 15) is 10.1 Å². The highest BCUT2D eigenvalue weighted by molar-refractivity contribution is 7.16. The molecule has 1 aliphatic carbocycles. The van der Waals surface area contributed by atoms with E-state index in [4.69, 9.17) is 9.47 Å². The minimum absolute atomic E-state index is 0.289. The molecule has 25 heavy (non-hydrogen) atoms. The van der Waals surface area contributed by atoms with Crippen LogP contribution < -0.4 is 14.8 Å². The van der Waals surface area contributed by atoms with E-state index >= 15 is 0 Å². The Morgan fingerprint density at radius 2 is 2.16 bits per heavy atom. The molecule has 1 N–H and O–H groups in total. The molecule has 1 amide bonds. The zero-order valence-corrected chi connectivity index (χ0v) is 15.3. The van der Waals surface area contributed by atoms with Crippen molar-refractivity contribution in [2.45, 2.75) is 26.2 Å². The van der Waals surface area contributed by atoms with Gasteiger partial charge in [0.2, 0.25) is 0 Å². The summed E-state index contributed by atoms with van der Waals surface area (Å²) in [4.78, 5) is 13.9. The maximum Gasteiger partial charge on any atom is 0.260 e. The first-order chi connectivity index (χ1) is 12.1. The number of hydrogen-bond acceptors (Lipinski definition) is 5. The van der Waals surface area contributed by atoms with Crippen molar-refractivity contribution in [3.8, 4) is 17.6 Å². The number of methoxy groups -OCH3 is 2. The van der Waals surface area contributed by atoms with E-state index < -0.39 is 0 Å². The number of rotatable bonds is 4. The van der Waals surface area contributed by atoms with Gasteiger partial charge in [-0.2, -0.15) is 5.26 Å². The number of hydrogen-bond donors (Lipinski definition) is 1. The standard InChI is InChI=1S/C19H20N2O3S/c1-11-4-7-17-14(8-11)15(10-20)19(25-17)21-18(22)13-6-5-12(23-2)9-16(13)24-3/h5-6,9,11H,4,7-8H2,1-3H3,(H,21,22)/t11-/m1/s1. The molecule has 0 aliphatic heterocycles. The SMILES string of the molecule is COc1ccc(C(=O)Nc2sc3c(c2C#N)C[C@H](C)CC3)c(OC)c1. The molecule has 1 aromatic heterocycles.